The van der Waals surface area contributed by atoms with Crippen LogP contribution in [0.4, 0.5) is 0 Å². The maximum Gasteiger partial charge on any atom is 0.127 e. The number of furan rings is 1. The third-order valence-corrected chi connectivity index (χ3v) is 3.80. The van der Waals surface area contributed by atoms with E-state index in [0.29, 0.717) is 0 Å². The van der Waals surface area contributed by atoms with E-state index >= 15 is 0 Å². The molecule has 1 atom stereocenters. The summed E-state index contributed by atoms with van der Waals surface area (Å²) in [5.74, 6) is 7.59. The summed E-state index contributed by atoms with van der Waals surface area (Å²) in [4.78, 5) is 0. The Morgan fingerprint density at radius 2 is 2.00 bits per heavy atom. The minimum absolute atomic E-state index is 0.141. The Morgan fingerprint density at radius 1 is 1.25 bits per heavy atom. The van der Waals surface area contributed by atoms with E-state index in [4.69, 9.17) is 15.0 Å². The van der Waals surface area contributed by atoms with E-state index in [2.05, 4.69) is 38.3 Å². The van der Waals surface area contributed by atoms with Crippen LogP contribution in [0, 0.1) is 13.8 Å². The molecule has 0 bridgehead atoms. The number of hydrogen-bond acceptors (Lipinski definition) is 4. The number of benzene rings is 1. The SMILES string of the molecule is CCc1occc1C(NN)c1ccc(C)c(C)c1OC. The zero-order chi connectivity index (χ0) is 14.7. The van der Waals surface area contributed by atoms with Crippen molar-refractivity contribution in [1.82, 2.24) is 5.43 Å². The van der Waals surface area contributed by atoms with E-state index in [1.807, 2.05) is 6.07 Å². The third kappa shape index (κ3) is 2.44. The summed E-state index contributed by atoms with van der Waals surface area (Å²) < 4.78 is 11.1. The maximum atomic E-state index is 5.78. The molecule has 0 radical (unpaired) electrons. The molecule has 1 aromatic heterocycles. The molecule has 1 unspecified atom stereocenters. The van der Waals surface area contributed by atoms with Gasteiger partial charge in [-0.3, -0.25) is 5.84 Å². The summed E-state index contributed by atoms with van der Waals surface area (Å²) in [5, 5.41) is 0. The van der Waals surface area contributed by atoms with Gasteiger partial charge in [0, 0.05) is 17.5 Å². The molecule has 0 aliphatic carbocycles. The van der Waals surface area contributed by atoms with Gasteiger partial charge in [0.2, 0.25) is 0 Å². The first-order valence-corrected chi connectivity index (χ1v) is 6.80. The van der Waals surface area contributed by atoms with Gasteiger partial charge in [-0.15, -0.1) is 0 Å². The molecule has 108 valence electrons. The fourth-order valence-corrected chi connectivity index (χ4v) is 2.55. The second-order valence-electron chi connectivity index (χ2n) is 4.88. The van der Waals surface area contributed by atoms with Gasteiger partial charge in [0.05, 0.1) is 19.4 Å². The van der Waals surface area contributed by atoms with Crippen molar-refractivity contribution in [3.63, 3.8) is 0 Å². The number of hydrazine groups is 1. The molecule has 4 nitrogen and oxygen atoms in total. The van der Waals surface area contributed by atoms with Gasteiger partial charge in [-0.25, -0.2) is 5.43 Å². The first-order valence-electron chi connectivity index (χ1n) is 6.80. The van der Waals surface area contributed by atoms with Crippen LogP contribution >= 0.6 is 0 Å². The highest BCUT2D eigenvalue weighted by Crippen LogP contribution is 2.35. The summed E-state index contributed by atoms with van der Waals surface area (Å²) in [6.45, 7) is 6.19. The number of methoxy groups -OCH3 is 1. The zero-order valence-corrected chi connectivity index (χ0v) is 12.5. The van der Waals surface area contributed by atoms with Crippen LogP contribution in [0.5, 0.6) is 5.75 Å². The van der Waals surface area contributed by atoms with Crippen LogP contribution in [-0.4, -0.2) is 7.11 Å². The van der Waals surface area contributed by atoms with Gasteiger partial charge < -0.3 is 9.15 Å². The van der Waals surface area contributed by atoms with Crippen molar-refractivity contribution >= 4 is 0 Å². The van der Waals surface area contributed by atoms with Gasteiger partial charge in [-0.05, 0) is 31.0 Å². The van der Waals surface area contributed by atoms with Crippen LogP contribution in [0.2, 0.25) is 0 Å². The van der Waals surface area contributed by atoms with E-state index in [0.717, 1.165) is 34.6 Å². The number of nitrogens with two attached hydrogens (primary N) is 1. The third-order valence-electron chi connectivity index (χ3n) is 3.80. The maximum absolute atomic E-state index is 5.78. The molecule has 1 aromatic carbocycles. The lowest BCUT2D eigenvalue weighted by atomic mass is 9.94. The lowest BCUT2D eigenvalue weighted by Gasteiger charge is -2.21. The molecule has 3 N–H and O–H groups in total. The van der Waals surface area contributed by atoms with Crippen LogP contribution in [0.1, 0.15) is 41.0 Å². The highest BCUT2D eigenvalue weighted by molar-refractivity contribution is 5.49. The van der Waals surface area contributed by atoms with Gasteiger partial charge in [-0.1, -0.05) is 19.1 Å². The smallest absolute Gasteiger partial charge is 0.127 e. The average Bonchev–Trinajstić information content (AvgIpc) is 2.92. The molecule has 0 spiro atoms. The van der Waals surface area contributed by atoms with Gasteiger partial charge in [-0.2, -0.15) is 0 Å². The largest absolute Gasteiger partial charge is 0.496 e. The highest BCUT2D eigenvalue weighted by Gasteiger charge is 2.22. The first-order chi connectivity index (χ1) is 9.63. The Kier molecular flexibility index (Phi) is 4.47. The van der Waals surface area contributed by atoms with Gasteiger partial charge in [0.15, 0.2) is 0 Å². The molecular formula is C16H22N2O2. The Labute approximate surface area is 119 Å². The molecule has 0 saturated carbocycles. The summed E-state index contributed by atoms with van der Waals surface area (Å²) in [7, 11) is 1.69. The predicted octanol–water partition coefficient (Wildman–Crippen LogP) is 3.02. The molecule has 2 rings (SSSR count). The van der Waals surface area contributed by atoms with Crippen LogP contribution in [-0.2, 0) is 6.42 Å². The monoisotopic (exact) mass is 274 g/mol. The number of aryl methyl sites for hydroxylation is 2. The number of rotatable bonds is 5. The first kappa shape index (κ1) is 14.6. The number of hydrogen-bond donors (Lipinski definition) is 2. The molecule has 1 heterocycles. The Balaban J connectivity index is 2.55. The van der Waals surface area contributed by atoms with Crippen molar-refractivity contribution in [2.24, 2.45) is 5.84 Å². The molecule has 0 aliphatic heterocycles. The summed E-state index contributed by atoms with van der Waals surface area (Å²) >= 11 is 0. The van der Waals surface area contributed by atoms with E-state index in [1.54, 1.807) is 13.4 Å². The Hall–Kier alpha value is -1.78. The molecule has 2 aromatic rings. The second-order valence-corrected chi connectivity index (χ2v) is 4.88. The normalized spacial score (nSPS) is 12.4. The fraction of sp³-hybridized carbons (Fsp3) is 0.375. The van der Waals surface area contributed by atoms with Crippen molar-refractivity contribution < 1.29 is 9.15 Å². The summed E-state index contributed by atoms with van der Waals surface area (Å²) in [6.07, 6.45) is 2.53. The quantitative estimate of drug-likeness (QED) is 0.650. The Bertz CT molecular complexity index is 590. The topological polar surface area (TPSA) is 60.4 Å². The fourth-order valence-electron chi connectivity index (χ4n) is 2.55. The van der Waals surface area contributed by atoms with E-state index in [1.165, 1.54) is 5.56 Å². The van der Waals surface area contributed by atoms with Crippen LogP contribution in [0.3, 0.4) is 0 Å². The predicted molar refractivity (Wildman–Crippen MR) is 79.7 cm³/mol. The molecule has 0 saturated heterocycles. The molecule has 0 aliphatic rings. The van der Waals surface area contributed by atoms with E-state index in [-0.39, 0.29) is 6.04 Å². The van der Waals surface area contributed by atoms with E-state index < -0.39 is 0 Å². The molecule has 20 heavy (non-hydrogen) atoms. The van der Waals surface area contributed by atoms with E-state index in [9.17, 15) is 0 Å². The lowest BCUT2D eigenvalue weighted by molar-refractivity contribution is 0.400. The van der Waals surface area contributed by atoms with Crippen molar-refractivity contribution in [3.8, 4) is 5.75 Å². The Morgan fingerprint density at radius 3 is 2.60 bits per heavy atom. The number of ether oxygens (including phenoxy) is 1. The highest BCUT2D eigenvalue weighted by atomic mass is 16.5. The van der Waals surface area contributed by atoms with Gasteiger partial charge >= 0.3 is 0 Å². The molecular weight excluding hydrogens is 252 g/mol. The average molecular weight is 274 g/mol. The standard InChI is InChI=1S/C16H22N2O2/c1-5-14-12(8-9-20-14)15(18-17)13-7-6-10(2)11(3)16(13)19-4/h6-9,15,18H,5,17H2,1-4H3. The van der Waals surface area contributed by atoms with Crippen LogP contribution < -0.4 is 16.0 Å². The van der Waals surface area contributed by atoms with Gasteiger partial charge in [0.25, 0.3) is 0 Å². The second kappa shape index (κ2) is 6.11. The van der Waals surface area contributed by atoms with Crippen molar-refractivity contribution in [2.45, 2.75) is 33.2 Å². The summed E-state index contributed by atoms with van der Waals surface area (Å²) in [5.41, 5.74) is 7.28. The van der Waals surface area contributed by atoms with Crippen LogP contribution in [0.15, 0.2) is 28.9 Å². The zero-order valence-electron chi connectivity index (χ0n) is 12.5. The van der Waals surface area contributed by atoms with Crippen molar-refractivity contribution in [1.29, 1.82) is 0 Å². The summed E-state index contributed by atoms with van der Waals surface area (Å²) in [6, 6.07) is 5.96. The van der Waals surface area contributed by atoms with Gasteiger partial charge in [0.1, 0.15) is 11.5 Å². The molecule has 0 amide bonds. The van der Waals surface area contributed by atoms with Crippen molar-refractivity contribution in [3.05, 3.63) is 52.5 Å². The van der Waals surface area contributed by atoms with Crippen molar-refractivity contribution in [2.75, 3.05) is 7.11 Å². The molecule has 0 fully saturated rings. The van der Waals surface area contributed by atoms with Crippen LogP contribution in [0.25, 0.3) is 0 Å². The number of nitrogens with one attached hydrogen (secondary N) is 1. The minimum atomic E-state index is -0.141. The molecule has 4 heteroatoms. The lowest BCUT2D eigenvalue weighted by Crippen LogP contribution is -2.29. The minimum Gasteiger partial charge on any atom is -0.496 e.